The van der Waals surface area contributed by atoms with Gasteiger partial charge in [0.25, 0.3) is 5.91 Å². The summed E-state index contributed by atoms with van der Waals surface area (Å²) in [6.07, 6.45) is 4.99. The maximum absolute atomic E-state index is 13.0. The third-order valence-electron chi connectivity index (χ3n) is 3.06. The topological polar surface area (TPSA) is 59.3 Å². The van der Waals surface area contributed by atoms with Crippen LogP contribution in [0.15, 0.2) is 42.9 Å². The monoisotopic (exact) mass is 284 g/mol. The first-order chi connectivity index (χ1) is 10.2. The van der Waals surface area contributed by atoms with Crippen LogP contribution in [-0.2, 0) is 0 Å². The Labute approximate surface area is 120 Å². The molecule has 0 aliphatic rings. The zero-order valence-electron chi connectivity index (χ0n) is 11.4. The van der Waals surface area contributed by atoms with Crippen molar-refractivity contribution in [3.05, 3.63) is 54.4 Å². The van der Waals surface area contributed by atoms with Crippen LogP contribution in [0.4, 0.5) is 4.39 Å². The number of hydrogen-bond acceptors (Lipinski definition) is 3. The van der Waals surface area contributed by atoms with E-state index in [4.69, 9.17) is 0 Å². The maximum Gasteiger partial charge on any atom is 0.271 e. The minimum atomic E-state index is -0.308. The van der Waals surface area contributed by atoms with E-state index in [0.29, 0.717) is 23.6 Å². The van der Waals surface area contributed by atoms with Gasteiger partial charge in [0, 0.05) is 30.7 Å². The Morgan fingerprint density at radius 1 is 1.33 bits per heavy atom. The van der Waals surface area contributed by atoms with Crippen LogP contribution in [0.1, 0.15) is 17.4 Å². The first-order valence-electron chi connectivity index (χ1n) is 6.57. The van der Waals surface area contributed by atoms with E-state index < -0.39 is 0 Å². The molecule has 0 radical (unpaired) electrons. The van der Waals surface area contributed by atoms with E-state index in [9.17, 15) is 9.18 Å². The van der Waals surface area contributed by atoms with Gasteiger partial charge in [0.2, 0.25) is 0 Å². The van der Waals surface area contributed by atoms with Crippen LogP contribution in [0.25, 0.3) is 16.9 Å². The molecule has 0 bridgehead atoms. The predicted molar refractivity (Wildman–Crippen MR) is 76.4 cm³/mol. The van der Waals surface area contributed by atoms with Crippen molar-refractivity contribution < 1.29 is 9.18 Å². The van der Waals surface area contributed by atoms with E-state index in [-0.39, 0.29) is 11.7 Å². The van der Waals surface area contributed by atoms with Gasteiger partial charge >= 0.3 is 0 Å². The molecule has 0 aliphatic carbocycles. The molecule has 0 unspecified atom stereocenters. The highest BCUT2D eigenvalue weighted by Gasteiger charge is 2.13. The largest absolute Gasteiger partial charge is 0.351 e. The molecule has 3 aromatic rings. The summed E-state index contributed by atoms with van der Waals surface area (Å²) in [5.74, 6) is -0.539. The van der Waals surface area contributed by atoms with Crippen molar-refractivity contribution in [3.63, 3.8) is 0 Å². The molecule has 5 nitrogen and oxygen atoms in total. The Bertz CT molecular complexity index is 795. The van der Waals surface area contributed by atoms with Crippen molar-refractivity contribution in [1.82, 2.24) is 19.7 Å². The molecule has 0 saturated heterocycles. The van der Waals surface area contributed by atoms with E-state index in [0.717, 1.165) is 5.56 Å². The molecular weight excluding hydrogens is 271 g/mol. The third-order valence-corrected chi connectivity index (χ3v) is 3.06. The van der Waals surface area contributed by atoms with Gasteiger partial charge in [-0.15, -0.1) is 0 Å². The summed E-state index contributed by atoms with van der Waals surface area (Å²) in [6.45, 7) is 2.38. The van der Waals surface area contributed by atoms with Gasteiger partial charge in [0.1, 0.15) is 17.2 Å². The van der Waals surface area contributed by atoms with Crippen LogP contribution >= 0.6 is 0 Å². The highest BCUT2D eigenvalue weighted by molar-refractivity contribution is 5.93. The van der Waals surface area contributed by atoms with Gasteiger partial charge < -0.3 is 9.72 Å². The van der Waals surface area contributed by atoms with Gasteiger partial charge in [0.15, 0.2) is 5.65 Å². The number of aromatic nitrogens is 3. The molecule has 6 heteroatoms. The number of nitrogens with one attached hydrogen (secondary N) is 1. The van der Waals surface area contributed by atoms with Crippen molar-refractivity contribution in [1.29, 1.82) is 0 Å². The van der Waals surface area contributed by atoms with E-state index in [1.165, 1.54) is 12.1 Å². The molecule has 106 valence electrons. The van der Waals surface area contributed by atoms with Crippen LogP contribution in [0, 0.1) is 5.82 Å². The summed E-state index contributed by atoms with van der Waals surface area (Å²) in [6, 6.07) is 6.01. The van der Waals surface area contributed by atoms with Gasteiger partial charge in [0.05, 0.1) is 0 Å². The fourth-order valence-corrected chi connectivity index (χ4v) is 2.09. The quantitative estimate of drug-likeness (QED) is 0.802. The highest BCUT2D eigenvalue weighted by atomic mass is 19.1. The van der Waals surface area contributed by atoms with Crippen LogP contribution < -0.4 is 5.32 Å². The van der Waals surface area contributed by atoms with Crippen LogP contribution in [0.2, 0.25) is 0 Å². The summed E-state index contributed by atoms with van der Waals surface area (Å²) in [5, 5.41) is 2.70. The van der Waals surface area contributed by atoms with Gasteiger partial charge in [-0.05, 0) is 31.2 Å². The van der Waals surface area contributed by atoms with Crippen molar-refractivity contribution in [2.75, 3.05) is 6.54 Å². The standard InChI is InChI=1S/C15H13FN4O/c1-2-17-15(21)12-9-20-8-7-18-13(14(20)19-12)10-3-5-11(16)6-4-10/h3-9H,2H2,1H3,(H,17,21). The molecule has 0 atom stereocenters. The van der Waals surface area contributed by atoms with Gasteiger partial charge in [-0.1, -0.05) is 0 Å². The molecular formula is C15H13FN4O. The fraction of sp³-hybridized carbons (Fsp3) is 0.133. The normalized spacial score (nSPS) is 10.8. The second-order valence-electron chi connectivity index (χ2n) is 4.50. The Morgan fingerprint density at radius 3 is 2.81 bits per heavy atom. The molecule has 0 spiro atoms. The molecule has 3 rings (SSSR count). The number of fused-ring (bicyclic) bond motifs is 1. The lowest BCUT2D eigenvalue weighted by Crippen LogP contribution is -2.22. The molecule has 1 aromatic carbocycles. The number of imidazole rings is 1. The summed E-state index contributed by atoms with van der Waals surface area (Å²) >= 11 is 0. The number of rotatable bonds is 3. The van der Waals surface area contributed by atoms with Gasteiger partial charge in [-0.25, -0.2) is 9.37 Å². The lowest BCUT2D eigenvalue weighted by Gasteiger charge is -2.02. The van der Waals surface area contributed by atoms with Crippen molar-refractivity contribution in [2.45, 2.75) is 6.92 Å². The van der Waals surface area contributed by atoms with E-state index >= 15 is 0 Å². The highest BCUT2D eigenvalue weighted by Crippen LogP contribution is 2.22. The average molecular weight is 284 g/mol. The molecule has 1 N–H and O–H groups in total. The Morgan fingerprint density at radius 2 is 2.10 bits per heavy atom. The average Bonchev–Trinajstić information content (AvgIpc) is 2.92. The zero-order valence-corrected chi connectivity index (χ0v) is 11.4. The lowest BCUT2D eigenvalue weighted by atomic mass is 10.1. The SMILES string of the molecule is CCNC(=O)c1cn2ccnc(-c3ccc(F)cc3)c2n1. The smallest absolute Gasteiger partial charge is 0.271 e. The Hall–Kier alpha value is -2.76. The molecule has 2 aromatic heterocycles. The Balaban J connectivity index is 2.11. The van der Waals surface area contributed by atoms with Crippen molar-refractivity contribution in [2.24, 2.45) is 0 Å². The molecule has 0 saturated carbocycles. The summed E-state index contributed by atoms with van der Waals surface area (Å²) < 4.78 is 14.7. The predicted octanol–water partition coefficient (Wildman–Crippen LogP) is 2.29. The summed E-state index contributed by atoms with van der Waals surface area (Å²) in [5.41, 5.74) is 2.24. The number of carbonyl (C=O) groups excluding carboxylic acids is 1. The Kier molecular flexibility index (Phi) is 3.35. The van der Waals surface area contributed by atoms with Crippen LogP contribution in [0.5, 0.6) is 0 Å². The number of benzene rings is 1. The van der Waals surface area contributed by atoms with Crippen molar-refractivity contribution in [3.8, 4) is 11.3 Å². The summed E-state index contributed by atoms with van der Waals surface area (Å²) in [4.78, 5) is 20.5. The van der Waals surface area contributed by atoms with E-state index in [1.807, 2.05) is 6.92 Å². The number of halogens is 1. The zero-order chi connectivity index (χ0) is 14.8. The first kappa shape index (κ1) is 13.2. The summed E-state index contributed by atoms with van der Waals surface area (Å²) in [7, 11) is 0. The number of nitrogens with zero attached hydrogens (tertiary/aromatic N) is 3. The molecule has 0 aliphatic heterocycles. The van der Waals surface area contributed by atoms with Crippen LogP contribution in [0.3, 0.4) is 0 Å². The molecule has 1 amide bonds. The minimum Gasteiger partial charge on any atom is -0.351 e. The fourth-order valence-electron chi connectivity index (χ4n) is 2.09. The van der Waals surface area contributed by atoms with Gasteiger partial charge in [-0.3, -0.25) is 9.78 Å². The lowest BCUT2D eigenvalue weighted by molar-refractivity contribution is 0.0951. The maximum atomic E-state index is 13.0. The van der Waals surface area contributed by atoms with E-state index in [2.05, 4.69) is 15.3 Å². The molecule has 2 heterocycles. The second-order valence-corrected chi connectivity index (χ2v) is 4.50. The van der Waals surface area contributed by atoms with Crippen molar-refractivity contribution >= 4 is 11.6 Å². The number of hydrogen-bond donors (Lipinski definition) is 1. The second kappa shape index (κ2) is 5.32. The first-order valence-corrected chi connectivity index (χ1v) is 6.57. The van der Waals surface area contributed by atoms with E-state index in [1.54, 1.807) is 35.1 Å². The minimum absolute atomic E-state index is 0.230. The third kappa shape index (κ3) is 2.47. The number of carbonyl (C=O) groups is 1. The molecule has 21 heavy (non-hydrogen) atoms. The van der Waals surface area contributed by atoms with Gasteiger partial charge in [-0.2, -0.15) is 0 Å². The molecule has 0 fully saturated rings. The number of amides is 1. The van der Waals surface area contributed by atoms with Crippen LogP contribution in [-0.4, -0.2) is 26.8 Å².